The molecule has 74 valence electrons. The first-order valence-electron chi connectivity index (χ1n) is 5.05. The van der Waals surface area contributed by atoms with Gasteiger partial charge in [0.25, 0.3) is 0 Å². The standard InChI is InChI=1S/C12H16N2/c1-8(2)14-10(4)9(3)11-6-5-7-13-12(11)14/h5-8H,1-4H3. The van der Waals surface area contributed by atoms with E-state index in [1.54, 1.807) is 0 Å². The van der Waals surface area contributed by atoms with Gasteiger partial charge in [-0.3, -0.25) is 0 Å². The smallest absolute Gasteiger partial charge is 0.140 e. The largest absolute Gasteiger partial charge is 0.327 e. The molecular formula is C12H16N2. The van der Waals surface area contributed by atoms with Crippen LogP contribution in [0, 0.1) is 13.8 Å². The minimum Gasteiger partial charge on any atom is -0.327 e. The molecule has 0 aliphatic heterocycles. The van der Waals surface area contributed by atoms with Crippen molar-refractivity contribution < 1.29 is 0 Å². The molecule has 2 aromatic heterocycles. The van der Waals surface area contributed by atoms with E-state index in [0.29, 0.717) is 6.04 Å². The van der Waals surface area contributed by atoms with Gasteiger partial charge in [0.1, 0.15) is 5.65 Å². The molecule has 2 rings (SSSR count). The highest BCUT2D eigenvalue weighted by molar-refractivity contribution is 5.81. The highest BCUT2D eigenvalue weighted by Gasteiger charge is 2.12. The zero-order valence-electron chi connectivity index (χ0n) is 9.20. The topological polar surface area (TPSA) is 17.8 Å². The third-order valence-corrected chi connectivity index (χ3v) is 2.84. The van der Waals surface area contributed by atoms with Gasteiger partial charge in [-0.15, -0.1) is 0 Å². The summed E-state index contributed by atoms with van der Waals surface area (Å²) in [6, 6.07) is 4.62. The van der Waals surface area contributed by atoms with E-state index in [1.807, 2.05) is 12.3 Å². The van der Waals surface area contributed by atoms with Crippen LogP contribution in [-0.4, -0.2) is 9.55 Å². The monoisotopic (exact) mass is 188 g/mol. The molecule has 0 unspecified atom stereocenters. The van der Waals surface area contributed by atoms with Crippen LogP contribution in [0.15, 0.2) is 18.3 Å². The second kappa shape index (κ2) is 3.12. The first kappa shape index (κ1) is 9.25. The third-order valence-electron chi connectivity index (χ3n) is 2.84. The van der Waals surface area contributed by atoms with Crippen molar-refractivity contribution in [2.45, 2.75) is 33.7 Å². The van der Waals surface area contributed by atoms with Crippen LogP contribution in [0.5, 0.6) is 0 Å². The highest BCUT2D eigenvalue weighted by atomic mass is 15.1. The molecule has 2 heterocycles. The van der Waals surface area contributed by atoms with Gasteiger partial charge in [-0.05, 0) is 45.4 Å². The number of aryl methyl sites for hydroxylation is 1. The minimum atomic E-state index is 0.473. The molecule has 2 aromatic rings. The van der Waals surface area contributed by atoms with Crippen molar-refractivity contribution in [1.29, 1.82) is 0 Å². The zero-order chi connectivity index (χ0) is 10.3. The number of fused-ring (bicyclic) bond motifs is 1. The molecule has 0 aliphatic carbocycles. The van der Waals surface area contributed by atoms with Crippen LogP contribution in [0.4, 0.5) is 0 Å². The van der Waals surface area contributed by atoms with Crippen molar-refractivity contribution in [3.8, 4) is 0 Å². The molecule has 0 saturated carbocycles. The Morgan fingerprint density at radius 3 is 2.64 bits per heavy atom. The van der Waals surface area contributed by atoms with Crippen molar-refractivity contribution in [3.05, 3.63) is 29.6 Å². The van der Waals surface area contributed by atoms with E-state index in [4.69, 9.17) is 0 Å². The lowest BCUT2D eigenvalue weighted by molar-refractivity contribution is 0.601. The molecule has 0 amide bonds. The van der Waals surface area contributed by atoms with Gasteiger partial charge in [0.2, 0.25) is 0 Å². The molecule has 0 aromatic carbocycles. The molecule has 0 atom stereocenters. The molecule has 2 heteroatoms. The van der Waals surface area contributed by atoms with Crippen LogP contribution in [-0.2, 0) is 0 Å². The molecule has 0 fully saturated rings. The fraction of sp³-hybridized carbons (Fsp3) is 0.417. The molecule has 0 aliphatic rings. The number of aromatic nitrogens is 2. The average Bonchev–Trinajstić information content (AvgIpc) is 2.41. The summed E-state index contributed by atoms with van der Waals surface area (Å²) in [5, 5.41) is 1.28. The summed E-state index contributed by atoms with van der Waals surface area (Å²) in [5.74, 6) is 0. The first-order chi connectivity index (χ1) is 6.63. The molecule has 0 spiro atoms. The van der Waals surface area contributed by atoms with Crippen LogP contribution in [0.2, 0.25) is 0 Å². The molecular weight excluding hydrogens is 172 g/mol. The molecule has 2 nitrogen and oxygen atoms in total. The molecule has 14 heavy (non-hydrogen) atoms. The second-order valence-electron chi connectivity index (χ2n) is 4.05. The number of hydrogen-bond acceptors (Lipinski definition) is 1. The van der Waals surface area contributed by atoms with Gasteiger partial charge >= 0.3 is 0 Å². The van der Waals surface area contributed by atoms with E-state index in [0.717, 1.165) is 5.65 Å². The summed E-state index contributed by atoms with van der Waals surface area (Å²) in [4.78, 5) is 4.45. The fourth-order valence-electron chi connectivity index (χ4n) is 2.05. The maximum atomic E-state index is 4.45. The average molecular weight is 188 g/mol. The number of hydrogen-bond donors (Lipinski definition) is 0. The van der Waals surface area contributed by atoms with E-state index in [1.165, 1.54) is 16.6 Å². The Morgan fingerprint density at radius 2 is 2.00 bits per heavy atom. The van der Waals surface area contributed by atoms with Gasteiger partial charge in [0.05, 0.1) is 0 Å². The van der Waals surface area contributed by atoms with Crippen molar-refractivity contribution >= 4 is 11.0 Å². The van der Waals surface area contributed by atoms with Gasteiger partial charge in [-0.25, -0.2) is 4.98 Å². The minimum absolute atomic E-state index is 0.473. The Kier molecular flexibility index (Phi) is 2.06. The van der Waals surface area contributed by atoms with Gasteiger partial charge in [0, 0.05) is 23.3 Å². The molecule has 0 radical (unpaired) electrons. The van der Waals surface area contributed by atoms with E-state index in [2.05, 4.69) is 43.3 Å². The number of pyridine rings is 1. The molecule has 0 saturated heterocycles. The Labute approximate surface area is 84.6 Å². The summed E-state index contributed by atoms with van der Waals surface area (Å²) < 4.78 is 2.30. The lowest BCUT2D eigenvalue weighted by Crippen LogP contribution is -2.03. The zero-order valence-corrected chi connectivity index (χ0v) is 9.20. The molecule has 0 N–H and O–H groups in total. The van der Waals surface area contributed by atoms with Gasteiger partial charge in [-0.2, -0.15) is 0 Å². The summed E-state index contributed by atoms with van der Waals surface area (Å²) in [6.45, 7) is 8.72. The number of rotatable bonds is 1. The van der Waals surface area contributed by atoms with E-state index in [9.17, 15) is 0 Å². The first-order valence-corrected chi connectivity index (χ1v) is 5.05. The van der Waals surface area contributed by atoms with Crippen molar-refractivity contribution in [2.75, 3.05) is 0 Å². The van der Waals surface area contributed by atoms with Crippen LogP contribution >= 0.6 is 0 Å². The predicted octanol–water partition coefficient (Wildman–Crippen LogP) is 3.23. The summed E-state index contributed by atoms with van der Waals surface area (Å²) >= 11 is 0. The van der Waals surface area contributed by atoms with Crippen molar-refractivity contribution in [2.24, 2.45) is 0 Å². The van der Waals surface area contributed by atoms with Crippen molar-refractivity contribution in [3.63, 3.8) is 0 Å². The van der Waals surface area contributed by atoms with Crippen LogP contribution in [0.25, 0.3) is 11.0 Å². The SMILES string of the molecule is Cc1c(C)n(C(C)C)c2ncccc12. The lowest BCUT2D eigenvalue weighted by atomic mass is 10.2. The van der Waals surface area contributed by atoms with Crippen LogP contribution in [0.1, 0.15) is 31.1 Å². The maximum Gasteiger partial charge on any atom is 0.140 e. The van der Waals surface area contributed by atoms with Crippen LogP contribution < -0.4 is 0 Å². The van der Waals surface area contributed by atoms with E-state index < -0.39 is 0 Å². The summed E-state index contributed by atoms with van der Waals surface area (Å²) in [5.41, 5.74) is 3.79. The molecule has 0 bridgehead atoms. The van der Waals surface area contributed by atoms with Crippen LogP contribution in [0.3, 0.4) is 0 Å². The van der Waals surface area contributed by atoms with E-state index in [-0.39, 0.29) is 0 Å². The Hall–Kier alpha value is -1.31. The normalized spacial score (nSPS) is 11.5. The summed E-state index contributed by atoms with van der Waals surface area (Å²) in [6.07, 6.45) is 1.86. The van der Waals surface area contributed by atoms with E-state index >= 15 is 0 Å². The van der Waals surface area contributed by atoms with Gasteiger partial charge in [0.15, 0.2) is 0 Å². The second-order valence-corrected chi connectivity index (χ2v) is 4.05. The van der Waals surface area contributed by atoms with Crippen molar-refractivity contribution in [1.82, 2.24) is 9.55 Å². The highest BCUT2D eigenvalue weighted by Crippen LogP contribution is 2.26. The fourth-order valence-corrected chi connectivity index (χ4v) is 2.05. The van der Waals surface area contributed by atoms with Gasteiger partial charge in [-0.1, -0.05) is 0 Å². The third kappa shape index (κ3) is 1.14. The Morgan fingerprint density at radius 1 is 1.29 bits per heavy atom. The van der Waals surface area contributed by atoms with Gasteiger partial charge < -0.3 is 4.57 Å². The lowest BCUT2D eigenvalue weighted by Gasteiger charge is -2.11. The predicted molar refractivity (Wildman–Crippen MR) is 59.6 cm³/mol. The quantitative estimate of drug-likeness (QED) is 0.671. The maximum absolute atomic E-state index is 4.45. The number of nitrogens with zero attached hydrogens (tertiary/aromatic N) is 2. The Bertz CT molecular complexity index is 466. The summed E-state index contributed by atoms with van der Waals surface area (Å²) in [7, 11) is 0. The Balaban J connectivity index is 2.88.